The zero-order valence-electron chi connectivity index (χ0n) is 14.3. The summed E-state index contributed by atoms with van der Waals surface area (Å²) in [6.45, 7) is 0. The number of aliphatic carboxylic acids is 1. The molecule has 142 valence electrons. The number of anilines is 1. The normalized spacial score (nSPS) is 19.5. The number of carbonyl (C=O) groups is 2. The molecule has 0 bridgehead atoms. The maximum atomic E-state index is 12.6. The number of hydrogen-bond acceptors (Lipinski definition) is 4. The van der Waals surface area contributed by atoms with E-state index in [-0.39, 0.29) is 12.3 Å². The van der Waals surface area contributed by atoms with Gasteiger partial charge >= 0.3 is 5.97 Å². The van der Waals surface area contributed by atoms with Gasteiger partial charge in [0, 0.05) is 27.7 Å². The lowest BCUT2D eigenvalue weighted by atomic mass is 9.92. The van der Waals surface area contributed by atoms with Crippen molar-refractivity contribution in [2.24, 2.45) is 5.73 Å². The molecule has 27 heavy (non-hydrogen) atoms. The van der Waals surface area contributed by atoms with Crippen molar-refractivity contribution >= 4 is 40.8 Å². The second-order valence-electron chi connectivity index (χ2n) is 6.48. The lowest BCUT2D eigenvalue weighted by Crippen LogP contribution is -2.47. The molecule has 1 heterocycles. The molecule has 5 N–H and O–H groups in total. The number of fused-ring (bicyclic) bond motifs is 1. The predicted molar refractivity (Wildman–Crippen MR) is 105 cm³/mol. The second-order valence-corrected chi connectivity index (χ2v) is 7.32. The first kappa shape index (κ1) is 19.5. The van der Waals surface area contributed by atoms with Crippen molar-refractivity contribution in [1.29, 1.82) is 0 Å². The van der Waals surface area contributed by atoms with Gasteiger partial charge in [-0.05, 0) is 24.1 Å². The topological polar surface area (TPSA) is 104 Å². The fourth-order valence-corrected chi connectivity index (χ4v) is 3.82. The largest absolute Gasteiger partial charge is 0.480 e. The van der Waals surface area contributed by atoms with Crippen LogP contribution in [0.15, 0.2) is 42.5 Å². The molecule has 0 saturated carbocycles. The van der Waals surface area contributed by atoms with Crippen molar-refractivity contribution in [2.75, 3.05) is 5.32 Å². The van der Waals surface area contributed by atoms with E-state index in [1.165, 1.54) is 0 Å². The molecule has 8 heteroatoms. The molecular weight excluding hydrogens is 389 g/mol. The van der Waals surface area contributed by atoms with Gasteiger partial charge in [0.25, 0.3) is 0 Å². The molecule has 0 fully saturated rings. The van der Waals surface area contributed by atoms with E-state index in [4.69, 9.17) is 28.9 Å². The van der Waals surface area contributed by atoms with Gasteiger partial charge in [-0.1, -0.05) is 53.5 Å². The Balaban J connectivity index is 1.80. The Morgan fingerprint density at radius 2 is 1.96 bits per heavy atom. The van der Waals surface area contributed by atoms with Crippen LogP contribution in [0.2, 0.25) is 10.0 Å². The summed E-state index contributed by atoms with van der Waals surface area (Å²) < 4.78 is 0. The average molecular weight is 408 g/mol. The van der Waals surface area contributed by atoms with E-state index in [0.717, 1.165) is 5.56 Å². The number of amides is 1. The Bertz CT molecular complexity index is 861. The van der Waals surface area contributed by atoms with E-state index in [9.17, 15) is 14.7 Å². The van der Waals surface area contributed by atoms with Crippen LogP contribution in [0.5, 0.6) is 0 Å². The van der Waals surface area contributed by atoms with Crippen LogP contribution in [-0.2, 0) is 16.0 Å². The Hall–Kier alpha value is -2.28. The summed E-state index contributed by atoms with van der Waals surface area (Å²) in [5, 5.41) is 15.9. The van der Waals surface area contributed by atoms with Crippen molar-refractivity contribution < 1.29 is 14.7 Å². The first-order valence-corrected chi connectivity index (χ1v) is 9.19. The highest BCUT2D eigenvalue weighted by molar-refractivity contribution is 6.35. The predicted octanol–water partition coefficient (Wildman–Crippen LogP) is 2.99. The maximum Gasteiger partial charge on any atom is 0.326 e. The average Bonchev–Trinajstić information content (AvgIpc) is 2.61. The molecule has 0 saturated heterocycles. The van der Waals surface area contributed by atoms with Gasteiger partial charge in [0.1, 0.15) is 6.04 Å². The summed E-state index contributed by atoms with van der Waals surface area (Å²) in [4.78, 5) is 24.1. The van der Waals surface area contributed by atoms with Crippen LogP contribution < -0.4 is 16.4 Å². The molecule has 0 radical (unpaired) electrons. The number of carboxylic acid groups (broad SMARTS) is 1. The summed E-state index contributed by atoms with van der Waals surface area (Å²) in [5.41, 5.74) is 8.09. The van der Waals surface area contributed by atoms with Crippen molar-refractivity contribution in [3.63, 3.8) is 0 Å². The quantitative estimate of drug-likeness (QED) is 0.609. The van der Waals surface area contributed by atoms with Crippen LogP contribution in [0.3, 0.4) is 0 Å². The zero-order chi connectivity index (χ0) is 19.6. The minimum absolute atomic E-state index is 0.146. The molecule has 0 aromatic heterocycles. The fraction of sp³-hybridized carbons (Fsp3) is 0.263. The second kappa shape index (κ2) is 8.17. The monoisotopic (exact) mass is 407 g/mol. The third-order valence-corrected chi connectivity index (χ3v) is 5.02. The lowest BCUT2D eigenvalue weighted by molar-refractivity contribution is -0.138. The summed E-state index contributed by atoms with van der Waals surface area (Å²) >= 11 is 12.3. The number of benzene rings is 2. The molecule has 2 aromatic rings. The number of hydrogen-bond donors (Lipinski definition) is 4. The molecule has 0 spiro atoms. The van der Waals surface area contributed by atoms with Gasteiger partial charge in [-0.3, -0.25) is 4.79 Å². The van der Waals surface area contributed by atoms with E-state index in [0.29, 0.717) is 27.7 Å². The van der Waals surface area contributed by atoms with Crippen LogP contribution in [0.1, 0.15) is 23.6 Å². The zero-order valence-corrected chi connectivity index (χ0v) is 15.8. The fourth-order valence-electron chi connectivity index (χ4n) is 3.19. The molecule has 6 nitrogen and oxygen atoms in total. The first-order chi connectivity index (χ1) is 12.8. The van der Waals surface area contributed by atoms with E-state index in [1.807, 2.05) is 30.3 Å². The highest BCUT2D eigenvalue weighted by atomic mass is 35.5. The molecular formula is C19H19Cl2N3O3. The van der Waals surface area contributed by atoms with Gasteiger partial charge in [0.2, 0.25) is 5.91 Å². The number of carbonyl (C=O) groups excluding carboxylic acids is 1. The number of carboxylic acids is 1. The van der Waals surface area contributed by atoms with Crippen LogP contribution in [0.4, 0.5) is 5.69 Å². The summed E-state index contributed by atoms with van der Waals surface area (Å²) in [7, 11) is 0. The van der Waals surface area contributed by atoms with Crippen molar-refractivity contribution in [3.05, 3.63) is 63.6 Å². The molecule has 2 aromatic carbocycles. The number of rotatable bonds is 5. The van der Waals surface area contributed by atoms with Crippen molar-refractivity contribution in [3.8, 4) is 0 Å². The van der Waals surface area contributed by atoms with Crippen molar-refractivity contribution in [1.82, 2.24) is 5.32 Å². The van der Waals surface area contributed by atoms with Crippen LogP contribution in [0.25, 0.3) is 0 Å². The molecule has 1 aliphatic rings. The summed E-state index contributed by atoms with van der Waals surface area (Å²) in [6.07, 6.45) is 0.523. The SMILES string of the molecule is N[C@@H](Cc1ccccc1)C(=O)N[C@H]1C[C@H](C(=O)O)Nc2cc(Cl)cc(Cl)c21. The third kappa shape index (κ3) is 4.53. The van der Waals surface area contributed by atoms with Gasteiger partial charge in [0.05, 0.1) is 12.1 Å². The Labute approximate surface area is 166 Å². The van der Waals surface area contributed by atoms with Crippen molar-refractivity contribution in [2.45, 2.75) is 31.0 Å². The standard InChI is InChI=1S/C19H19Cl2N3O3/c20-11-7-12(21)17-14(8-11)23-16(19(26)27)9-15(17)24-18(25)13(22)6-10-4-2-1-3-5-10/h1-5,7-8,13,15-16,23H,6,9,22H2,(H,24,25)(H,26,27)/t13-,15-,16+/m0/s1. The maximum absolute atomic E-state index is 12.6. The van der Waals surface area contributed by atoms with E-state index < -0.39 is 24.1 Å². The first-order valence-electron chi connectivity index (χ1n) is 8.43. The van der Waals surface area contributed by atoms with Gasteiger partial charge in [-0.15, -0.1) is 0 Å². The van der Waals surface area contributed by atoms with Crippen LogP contribution in [0, 0.1) is 0 Å². The molecule has 1 amide bonds. The van der Waals surface area contributed by atoms with Gasteiger partial charge in [-0.25, -0.2) is 4.79 Å². The molecule has 3 atom stereocenters. The molecule has 1 aliphatic heterocycles. The molecule has 0 unspecified atom stereocenters. The number of nitrogens with two attached hydrogens (primary N) is 1. The van der Waals surface area contributed by atoms with E-state index in [1.54, 1.807) is 12.1 Å². The molecule has 0 aliphatic carbocycles. The molecule has 3 rings (SSSR count). The lowest BCUT2D eigenvalue weighted by Gasteiger charge is -2.33. The number of nitrogens with one attached hydrogen (secondary N) is 2. The van der Waals surface area contributed by atoms with Gasteiger partial charge in [0.15, 0.2) is 0 Å². The van der Waals surface area contributed by atoms with Gasteiger partial charge < -0.3 is 21.5 Å². The minimum Gasteiger partial charge on any atom is -0.480 e. The smallest absolute Gasteiger partial charge is 0.326 e. The highest BCUT2D eigenvalue weighted by Crippen LogP contribution is 2.39. The Morgan fingerprint density at radius 1 is 1.26 bits per heavy atom. The van der Waals surface area contributed by atoms with Gasteiger partial charge in [-0.2, -0.15) is 0 Å². The van der Waals surface area contributed by atoms with E-state index >= 15 is 0 Å². The summed E-state index contributed by atoms with van der Waals surface area (Å²) in [5.74, 6) is -1.39. The van der Waals surface area contributed by atoms with E-state index in [2.05, 4.69) is 10.6 Å². The summed E-state index contributed by atoms with van der Waals surface area (Å²) in [6, 6.07) is 10.4. The highest BCUT2D eigenvalue weighted by Gasteiger charge is 2.34. The third-order valence-electron chi connectivity index (χ3n) is 4.49. The van der Waals surface area contributed by atoms with Crippen LogP contribution >= 0.6 is 23.2 Å². The Morgan fingerprint density at radius 3 is 2.63 bits per heavy atom. The van der Waals surface area contributed by atoms with Crippen LogP contribution in [-0.4, -0.2) is 29.1 Å². The Kier molecular flexibility index (Phi) is 5.89. The minimum atomic E-state index is -1.02. The number of halogens is 2.